The fraction of sp³-hybridized carbons (Fsp3) is 0. The first-order chi connectivity index (χ1) is 10.0. The normalized spacial score (nSPS) is 9.71. The van der Waals surface area contributed by atoms with Crippen LogP contribution in [0, 0.1) is 22.5 Å². The zero-order valence-corrected chi connectivity index (χ0v) is 11.4. The van der Waals surface area contributed by atoms with Crippen molar-refractivity contribution >= 4 is 28.9 Å². The average Bonchev–Trinajstić information content (AvgIpc) is 2.47. The van der Waals surface area contributed by atoms with E-state index in [0.717, 1.165) is 0 Å². The Balaban J connectivity index is 2.34. The minimum atomic E-state index is -0.636. The highest BCUT2D eigenvalue weighted by atomic mass is 35.5. The predicted molar refractivity (Wildman–Crippen MR) is 80.4 cm³/mol. The highest BCUT2D eigenvalue weighted by Gasteiger charge is 2.20. The first-order valence-electron chi connectivity index (χ1n) is 5.83. The Morgan fingerprint density at radius 3 is 2.71 bits per heavy atom. The largest absolute Gasteiger partial charge is 0.322 e. The van der Waals surface area contributed by atoms with Gasteiger partial charge in [0, 0.05) is 22.3 Å². The van der Waals surface area contributed by atoms with Gasteiger partial charge in [-0.05, 0) is 30.3 Å². The minimum absolute atomic E-state index is 0.112. The van der Waals surface area contributed by atoms with Crippen LogP contribution in [0.3, 0.4) is 0 Å². The Labute approximate surface area is 125 Å². The molecule has 0 aliphatic rings. The molecule has 0 unspecified atom stereocenters. The highest BCUT2D eigenvalue weighted by Crippen LogP contribution is 2.24. The maximum atomic E-state index is 12.2. The van der Waals surface area contributed by atoms with Gasteiger partial charge in [-0.3, -0.25) is 14.9 Å². The third kappa shape index (κ3) is 3.38. The topological polar surface area (TPSA) is 72.2 Å². The summed E-state index contributed by atoms with van der Waals surface area (Å²) in [6.07, 6.45) is 5.27. The number of hydrogen-bond acceptors (Lipinski definition) is 3. The molecule has 0 saturated heterocycles. The number of benzene rings is 2. The predicted octanol–water partition coefficient (Wildman–Crippen LogP) is 3.48. The van der Waals surface area contributed by atoms with E-state index in [2.05, 4.69) is 11.2 Å². The van der Waals surface area contributed by atoms with E-state index < -0.39 is 10.8 Å². The molecule has 0 radical (unpaired) electrons. The molecule has 0 heterocycles. The zero-order valence-electron chi connectivity index (χ0n) is 10.7. The van der Waals surface area contributed by atoms with Gasteiger partial charge < -0.3 is 5.32 Å². The van der Waals surface area contributed by atoms with Crippen molar-refractivity contribution in [3.63, 3.8) is 0 Å². The summed E-state index contributed by atoms with van der Waals surface area (Å²) in [6, 6.07) is 10.4. The molecule has 0 aliphatic carbocycles. The lowest BCUT2D eigenvalue weighted by Gasteiger charge is -2.06. The van der Waals surface area contributed by atoms with Gasteiger partial charge >= 0.3 is 0 Å². The quantitative estimate of drug-likeness (QED) is 0.536. The van der Waals surface area contributed by atoms with Crippen molar-refractivity contribution in [3.8, 4) is 12.3 Å². The Morgan fingerprint density at radius 2 is 2.05 bits per heavy atom. The van der Waals surface area contributed by atoms with Gasteiger partial charge in [-0.1, -0.05) is 23.6 Å². The van der Waals surface area contributed by atoms with Gasteiger partial charge in [-0.15, -0.1) is 6.42 Å². The zero-order chi connectivity index (χ0) is 15.4. The van der Waals surface area contributed by atoms with Crippen LogP contribution in [-0.2, 0) is 0 Å². The van der Waals surface area contributed by atoms with E-state index >= 15 is 0 Å². The number of anilines is 1. The van der Waals surface area contributed by atoms with Crippen molar-refractivity contribution < 1.29 is 9.72 Å². The molecule has 21 heavy (non-hydrogen) atoms. The molecule has 0 fully saturated rings. The Hall–Kier alpha value is -2.84. The molecule has 0 aromatic heterocycles. The van der Waals surface area contributed by atoms with Gasteiger partial charge in [0.05, 0.1) is 4.92 Å². The number of halogens is 1. The minimum Gasteiger partial charge on any atom is -0.322 e. The van der Waals surface area contributed by atoms with Crippen LogP contribution < -0.4 is 5.32 Å². The summed E-state index contributed by atoms with van der Waals surface area (Å²) < 4.78 is 0. The van der Waals surface area contributed by atoms with Gasteiger partial charge in [0.1, 0.15) is 5.56 Å². The molecule has 2 aromatic rings. The van der Waals surface area contributed by atoms with Crippen molar-refractivity contribution in [1.29, 1.82) is 0 Å². The van der Waals surface area contributed by atoms with E-state index in [0.29, 0.717) is 11.3 Å². The van der Waals surface area contributed by atoms with E-state index in [9.17, 15) is 14.9 Å². The Morgan fingerprint density at radius 1 is 1.29 bits per heavy atom. The number of amides is 1. The van der Waals surface area contributed by atoms with E-state index in [-0.39, 0.29) is 16.3 Å². The lowest BCUT2D eigenvalue weighted by Crippen LogP contribution is -2.14. The highest BCUT2D eigenvalue weighted by molar-refractivity contribution is 6.31. The van der Waals surface area contributed by atoms with Gasteiger partial charge in [0.2, 0.25) is 0 Å². The molecule has 6 heteroatoms. The van der Waals surface area contributed by atoms with Crippen LogP contribution in [0.2, 0.25) is 5.02 Å². The summed E-state index contributed by atoms with van der Waals surface area (Å²) in [5, 5.41) is 13.7. The Bertz CT molecular complexity index is 766. The molecule has 104 valence electrons. The second-order valence-corrected chi connectivity index (χ2v) is 4.53. The summed E-state index contributed by atoms with van der Waals surface area (Å²) >= 11 is 5.79. The number of nitrogens with zero attached hydrogens (tertiary/aromatic N) is 1. The summed E-state index contributed by atoms with van der Waals surface area (Å²) in [5.41, 5.74) is 0.613. The molecule has 0 bridgehead atoms. The van der Waals surface area contributed by atoms with Crippen LogP contribution in [0.1, 0.15) is 15.9 Å². The number of nitro benzene ring substituents is 1. The Kier molecular flexibility index (Phi) is 4.21. The van der Waals surface area contributed by atoms with Crippen LogP contribution in [0.25, 0.3) is 0 Å². The van der Waals surface area contributed by atoms with Crippen LogP contribution >= 0.6 is 11.6 Å². The third-order valence-electron chi connectivity index (χ3n) is 2.69. The molecule has 2 rings (SSSR count). The van der Waals surface area contributed by atoms with E-state index in [1.807, 2.05) is 0 Å². The molecule has 0 spiro atoms. The van der Waals surface area contributed by atoms with Crippen LogP contribution in [-0.4, -0.2) is 10.8 Å². The lowest BCUT2D eigenvalue weighted by molar-refractivity contribution is -0.385. The molecule has 5 nitrogen and oxygen atoms in total. The third-order valence-corrected chi connectivity index (χ3v) is 2.92. The monoisotopic (exact) mass is 300 g/mol. The number of carbonyl (C=O) groups is 1. The molecular formula is C15H9ClN2O3. The summed E-state index contributed by atoms with van der Waals surface area (Å²) in [7, 11) is 0. The van der Waals surface area contributed by atoms with Crippen molar-refractivity contribution in [2.45, 2.75) is 0 Å². The molecule has 0 atom stereocenters. The smallest absolute Gasteiger partial charge is 0.282 e. The van der Waals surface area contributed by atoms with Gasteiger partial charge in [-0.2, -0.15) is 0 Å². The van der Waals surface area contributed by atoms with Crippen molar-refractivity contribution in [1.82, 2.24) is 0 Å². The molecule has 0 aliphatic heterocycles. The van der Waals surface area contributed by atoms with Crippen LogP contribution in [0.5, 0.6) is 0 Å². The lowest BCUT2D eigenvalue weighted by atomic mass is 10.1. The van der Waals surface area contributed by atoms with Crippen LogP contribution in [0.4, 0.5) is 11.4 Å². The molecular weight excluding hydrogens is 292 g/mol. The number of nitro groups is 1. The number of carbonyl (C=O) groups excluding carboxylic acids is 1. The van der Waals surface area contributed by atoms with Crippen molar-refractivity contribution in [3.05, 3.63) is 68.7 Å². The molecule has 1 amide bonds. The number of nitrogens with one attached hydrogen (secondary N) is 1. The van der Waals surface area contributed by atoms with Gasteiger partial charge in [0.25, 0.3) is 11.6 Å². The molecule has 0 saturated carbocycles. The fourth-order valence-electron chi connectivity index (χ4n) is 1.73. The fourth-order valence-corrected chi connectivity index (χ4v) is 1.91. The van der Waals surface area contributed by atoms with Crippen molar-refractivity contribution in [2.75, 3.05) is 5.32 Å². The van der Waals surface area contributed by atoms with E-state index in [1.54, 1.807) is 24.3 Å². The maximum Gasteiger partial charge on any atom is 0.282 e. The van der Waals surface area contributed by atoms with Gasteiger partial charge in [0.15, 0.2) is 0 Å². The SMILES string of the molecule is C#Cc1cccc(NC(=O)c2cc(Cl)ccc2[N+](=O)[O-])c1. The molecule has 2 aromatic carbocycles. The number of rotatable bonds is 3. The maximum absolute atomic E-state index is 12.2. The second-order valence-electron chi connectivity index (χ2n) is 4.10. The average molecular weight is 301 g/mol. The van der Waals surface area contributed by atoms with Crippen LogP contribution in [0.15, 0.2) is 42.5 Å². The number of terminal acetylenes is 1. The molecule has 1 N–H and O–H groups in total. The van der Waals surface area contributed by atoms with E-state index in [1.165, 1.54) is 18.2 Å². The first-order valence-corrected chi connectivity index (χ1v) is 6.21. The summed E-state index contributed by atoms with van der Waals surface area (Å²) in [6.45, 7) is 0. The number of hydrogen-bond donors (Lipinski definition) is 1. The standard InChI is InChI=1S/C15H9ClN2O3/c1-2-10-4-3-5-12(8-10)17-15(19)13-9-11(16)6-7-14(13)18(20)21/h1,3-9H,(H,17,19). The van der Waals surface area contributed by atoms with E-state index in [4.69, 9.17) is 18.0 Å². The second kappa shape index (κ2) is 6.07. The summed E-state index contributed by atoms with van der Waals surface area (Å²) in [5.74, 6) is 1.81. The van der Waals surface area contributed by atoms with Gasteiger partial charge in [-0.25, -0.2) is 0 Å². The first kappa shape index (κ1) is 14.6. The summed E-state index contributed by atoms with van der Waals surface area (Å²) in [4.78, 5) is 22.5. The van der Waals surface area contributed by atoms with Crippen molar-refractivity contribution in [2.24, 2.45) is 0 Å².